The first-order valence-corrected chi connectivity index (χ1v) is 9.64. The summed E-state index contributed by atoms with van der Waals surface area (Å²) in [5.74, 6) is -0.190. The van der Waals surface area contributed by atoms with Crippen LogP contribution in [0.1, 0.15) is 16.8 Å². The Morgan fingerprint density at radius 3 is 2.62 bits per heavy atom. The molecular formula is C16H17N5O4S. The molecule has 0 saturated heterocycles. The van der Waals surface area contributed by atoms with E-state index < -0.39 is 15.8 Å². The molecule has 136 valence electrons. The highest BCUT2D eigenvalue weighted by Gasteiger charge is 2.11. The molecule has 0 amide bonds. The standard InChI is InChI=1S/C16H17N5O4S/c1-26(23,24)12-5-3-11(4-6-12)16(22)25-8-2-7-21-10-20-13-14(17)18-9-19-15(13)21/h3-6,9-10H,2,7-8H2,1H3,(H2,17,18,19). The van der Waals surface area contributed by atoms with E-state index in [1.54, 1.807) is 6.33 Å². The number of nitrogens with zero attached hydrogens (tertiary/aromatic N) is 4. The zero-order valence-corrected chi connectivity index (χ0v) is 14.8. The van der Waals surface area contributed by atoms with Crippen LogP contribution in [0.5, 0.6) is 0 Å². The van der Waals surface area contributed by atoms with Crippen LogP contribution in [0.2, 0.25) is 0 Å². The first-order chi connectivity index (χ1) is 12.4. The van der Waals surface area contributed by atoms with Crippen molar-refractivity contribution in [3.05, 3.63) is 42.5 Å². The molecule has 0 aliphatic carbocycles. The van der Waals surface area contributed by atoms with Gasteiger partial charge in [-0.2, -0.15) is 0 Å². The molecule has 0 aliphatic heterocycles. The Morgan fingerprint density at radius 1 is 1.19 bits per heavy atom. The number of benzene rings is 1. The summed E-state index contributed by atoms with van der Waals surface area (Å²) in [6, 6.07) is 5.63. The van der Waals surface area contributed by atoms with Crippen molar-refractivity contribution in [2.24, 2.45) is 0 Å². The fourth-order valence-electron chi connectivity index (χ4n) is 2.38. The summed E-state index contributed by atoms with van der Waals surface area (Å²) in [4.78, 5) is 24.3. The maximum atomic E-state index is 12.0. The van der Waals surface area contributed by atoms with Crippen LogP contribution >= 0.6 is 0 Å². The van der Waals surface area contributed by atoms with Crippen molar-refractivity contribution >= 4 is 32.8 Å². The number of aryl methyl sites for hydroxylation is 1. The van der Waals surface area contributed by atoms with Gasteiger partial charge in [-0.25, -0.2) is 28.2 Å². The summed E-state index contributed by atoms with van der Waals surface area (Å²) in [6.45, 7) is 0.750. The van der Waals surface area contributed by atoms with Gasteiger partial charge in [-0.1, -0.05) is 0 Å². The zero-order chi connectivity index (χ0) is 18.7. The minimum Gasteiger partial charge on any atom is -0.462 e. The van der Waals surface area contributed by atoms with Gasteiger partial charge in [0.25, 0.3) is 0 Å². The van der Waals surface area contributed by atoms with Crippen LogP contribution in [-0.2, 0) is 21.1 Å². The average Bonchev–Trinajstić information content (AvgIpc) is 3.02. The van der Waals surface area contributed by atoms with Crippen LogP contribution < -0.4 is 5.73 Å². The van der Waals surface area contributed by atoms with Gasteiger partial charge in [0.05, 0.1) is 23.4 Å². The third kappa shape index (κ3) is 3.80. The Morgan fingerprint density at radius 2 is 1.92 bits per heavy atom. The Bertz CT molecular complexity index is 1040. The lowest BCUT2D eigenvalue weighted by atomic mass is 10.2. The van der Waals surface area contributed by atoms with E-state index in [1.807, 2.05) is 4.57 Å². The van der Waals surface area contributed by atoms with E-state index in [0.29, 0.717) is 35.5 Å². The van der Waals surface area contributed by atoms with Crippen LogP contribution in [-0.4, -0.2) is 46.8 Å². The summed E-state index contributed by atoms with van der Waals surface area (Å²) in [7, 11) is -3.29. The first kappa shape index (κ1) is 17.8. The van der Waals surface area contributed by atoms with Gasteiger partial charge in [0, 0.05) is 12.8 Å². The van der Waals surface area contributed by atoms with Gasteiger partial charge < -0.3 is 15.0 Å². The molecular weight excluding hydrogens is 358 g/mol. The number of sulfone groups is 1. The molecule has 0 aliphatic rings. The second kappa shape index (κ2) is 7.08. The normalized spacial score (nSPS) is 11.6. The van der Waals surface area contributed by atoms with Gasteiger partial charge in [0.2, 0.25) is 0 Å². The highest BCUT2D eigenvalue weighted by molar-refractivity contribution is 7.90. The molecule has 1 aromatic carbocycles. The van der Waals surface area contributed by atoms with Gasteiger partial charge in [0.15, 0.2) is 21.3 Å². The van der Waals surface area contributed by atoms with Crippen LogP contribution in [0, 0.1) is 0 Å². The Balaban J connectivity index is 1.54. The van der Waals surface area contributed by atoms with E-state index in [2.05, 4.69) is 15.0 Å². The molecule has 0 radical (unpaired) electrons. The molecule has 0 saturated carbocycles. The quantitative estimate of drug-likeness (QED) is 0.500. The molecule has 3 rings (SSSR count). The number of nitrogens with two attached hydrogens (primary N) is 1. The number of nitrogen functional groups attached to an aromatic ring is 1. The molecule has 0 atom stereocenters. The largest absolute Gasteiger partial charge is 0.462 e. The molecule has 2 aromatic heterocycles. The van der Waals surface area contributed by atoms with Crippen molar-refractivity contribution in [3.63, 3.8) is 0 Å². The van der Waals surface area contributed by atoms with E-state index in [4.69, 9.17) is 10.5 Å². The third-order valence-electron chi connectivity index (χ3n) is 3.72. The van der Waals surface area contributed by atoms with Gasteiger partial charge >= 0.3 is 5.97 Å². The fourth-order valence-corrected chi connectivity index (χ4v) is 3.01. The lowest BCUT2D eigenvalue weighted by Gasteiger charge is -2.06. The summed E-state index contributed by atoms with van der Waals surface area (Å²) in [5.41, 5.74) is 7.19. The molecule has 0 bridgehead atoms. The zero-order valence-electron chi connectivity index (χ0n) is 14.0. The lowest BCUT2D eigenvalue weighted by Crippen LogP contribution is -2.09. The number of esters is 1. The monoisotopic (exact) mass is 375 g/mol. The number of hydrogen-bond donors (Lipinski definition) is 1. The highest BCUT2D eigenvalue weighted by atomic mass is 32.2. The number of carbonyl (C=O) groups excluding carboxylic acids is 1. The van der Waals surface area contributed by atoms with E-state index >= 15 is 0 Å². The average molecular weight is 375 g/mol. The maximum Gasteiger partial charge on any atom is 0.338 e. The summed E-state index contributed by atoms with van der Waals surface area (Å²) in [5, 5.41) is 0. The number of aromatic nitrogens is 4. The molecule has 0 fully saturated rings. The molecule has 26 heavy (non-hydrogen) atoms. The Kier molecular flexibility index (Phi) is 4.85. The molecule has 3 aromatic rings. The van der Waals surface area contributed by atoms with Crippen molar-refractivity contribution < 1.29 is 17.9 Å². The number of ether oxygens (including phenoxy) is 1. The SMILES string of the molecule is CS(=O)(=O)c1ccc(C(=O)OCCCn2cnc3c(N)ncnc32)cc1. The van der Waals surface area contributed by atoms with E-state index in [-0.39, 0.29) is 11.5 Å². The molecule has 9 nitrogen and oxygen atoms in total. The summed E-state index contributed by atoms with van der Waals surface area (Å²) >= 11 is 0. The molecule has 0 unspecified atom stereocenters. The van der Waals surface area contributed by atoms with Crippen molar-refractivity contribution in [1.29, 1.82) is 0 Å². The van der Waals surface area contributed by atoms with Gasteiger partial charge in [-0.05, 0) is 30.7 Å². The molecule has 2 N–H and O–H groups in total. The Labute approximate surface area is 149 Å². The van der Waals surface area contributed by atoms with Gasteiger partial charge in [-0.15, -0.1) is 0 Å². The Hall–Kier alpha value is -3.01. The minimum absolute atomic E-state index is 0.155. The third-order valence-corrected chi connectivity index (χ3v) is 4.85. The maximum absolute atomic E-state index is 12.0. The van der Waals surface area contributed by atoms with E-state index in [0.717, 1.165) is 6.26 Å². The van der Waals surface area contributed by atoms with Gasteiger partial charge in [-0.3, -0.25) is 0 Å². The second-order valence-corrected chi connectivity index (χ2v) is 7.67. The second-order valence-electron chi connectivity index (χ2n) is 5.66. The van der Waals surface area contributed by atoms with Crippen molar-refractivity contribution in [2.75, 3.05) is 18.6 Å². The topological polar surface area (TPSA) is 130 Å². The predicted octanol–water partition coefficient (Wildman–Crippen LogP) is 1.06. The van der Waals surface area contributed by atoms with Crippen molar-refractivity contribution in [3.8, 4) is 0 Å². The smallest absolute Gasteiger partial charge is 0.338 e. The highest BCUT2D eigenvalue weighted by Crippen LogP contribution is 2.15. The van der Waals surface area contributed by atoms with E-state index in [1.165, 1.54) is 30.6 Å². The molecule has 2 heterocycles. The van der Waals surface area contributed by atoms with Crippen molar-refractivity contribution in [1.82, 2.24) is 19.5 Å². The van der Waals surface area contributed by atoms with Crippen LogP contribution in [0.3, 0.4) is 0 Å². The minimum atomic E-state index is -3.29. The van der Waals surface area contributed by atoms with E-state index in [9.17, 15) is 13.2 Å². The number of rotatable bonds is 6. The molecule has 0 spiro atoms. The van der Waals surface area contributed by atoms with Crippen molar-refractivity contribution in [2.45, 2.75) is 17.9 Å². The first-order valence-electron chi connectivity index (χ1n) is 7.75. The van der Waals surface area contributed by atoms with Crippen LogP contribution in [0.25, 0.3) is 11.2 Å². The number of carbonyl (C=O) groups is 1. The lowest BCUT2D eigenvalue weighted by molar-refractivity contribution is 0.0496. The number of imidazole rings is 1. The number of hydrogen-bond acceptors (Lipinski definition) is 8. The van der Waals surface area contributed by atoms with Crippen LogP contribution in [0.4, 0.5) is 5.82 Å². The fraction of sp³-hybridized carbons (Fsp3) is 0.250. The summed E-state index contributed by atoms with van der Waals surface area (Å²) < 4.78 is 29.8. The van der Waals surface area contributed by atoms with Crippen LogP contribution in [0.15, 0.2) is 41.8 Å². The number of fused-ring (bicyclic) bond motifs is 1. The number of anilines is 1. The van der Waals surface area contributed by atoms with Gasteiger partial charge in [0.1, 0.15) is 11.8 Å². The molecule has 10 heteroatoms. The predicted molar refractivity (Wildman–Crippen MR) is 94.2 cm³/mol. The summed E-state index contributed by atoms with van der Waals surface area (Å²) in [6.07, 6.45) is 4.65.